The Morgan fingerprint density at radius 3 is 2.60 bits per heavy atom. The van der Waals surface area contributed by atoms with E-state index in [-0.39, 0.29) is 17.7 Å². The molecule has 0 bridgehead atoms. The van der Waals surface area contributed by atoms with E-state index in [1.54, 1.807) is 36.5 Å². The second-order valence-electron chi connectivity index (χ2n) is 7.22. The van der Waals surface area contributed by atoms with E-state index in [0.717, 1.165) is 10.8 Å². The van der Waals surface area contributed by atoms with E-state index in [9.17, 15) is 19.4 Å². The molecule has 3 aromatic rings. The van der Waals surface area contributed by atoms with E-state index < -0.39 is 23.9 Å². The summed E-state index contributed by atoms with van der Waals surface area (Å²) < 4.78 is 13.8. The van der Waals surface area contributed by atoms with Gasteiger partial charge in [0.2, 0.25) is 0 Å². The van der Waals surface area contributed by atoms with Crippen molar-refractivity contribution in [1.82, 2.24) is 10.3 Å². The van der Waals surface area contributed by atoms with Gasteiger partial charge in [-0.1, -0.05) is 23.7 Å². The number of amides is 1. The molecule has 0 radical (unpaired) electrons. The van der Waals surface area contributed by atoms with Crippen LogP contribution in [0.3, 0.4) is 0 Å². The zero-order valence-electron chi connectivity index (χ0n) is 16.6. The molecule has 0 spiro atoms. The van der Waals surface area contributed by atoms with Crippen LogP contribution in [0.25, 0.3) is 10.8 Å². The lowest BCUT2D eigenvalue weighted by Crippen LogP contribution is -2.35. The highest BCUT2D eigenvalue weighted by atomic mass is 35.5. The predicted molar refractivity (Wildman–Crippen MR) is 115 cm³/mol. The lowest BCUT2D eigenvalue weighted by molar-refractivity contribution is 0.0858. The SMILES string of the molecule is CC(CO)Nc1cc2cc(C(=O)N[C@@H](c3ccc(Cl)c(F)c3)C(C)O)ccc2cn1. The molecule has 0 aliphatic carbocycles. The largest absolute Gasteiger partial charge is 0.394 e. The van der Waals surface area contributed by atoms with Crippen molar-refractivity contribution in [3.05, 3.63) is 70.6 Å². The Bertz CT molecular complexity index is 1060. The van der Waals surface area contributed by atoms with E-state index in [4.69, 9.17) is 11.6 Å². The quantitative estimate of drug-likeness (QED) is 0.458. The van der Waals surface area contributed by atoms with Gasteiger partial charge in [-0.2, -0.15) is 0 Å². The third kappa shape index (κ3) is 5.05. The van der Waals surface area contributed by atoms with Crippen LogP contribution < -0.4 is 10.6 Å². The number of rotatable bonds is 7. The number of carbonyl (C=O) groups is 1. The van der Waals surface area contributed by atoms with Crippen LogP contribution in [0.2, 0.25) is 5.02 Å². The molecule has 2 aromatic carbocycles. The van der Waals surface area contributed by atoms with E-state index >= 15 is 0 Å². The van der Waals surface area contributed by atoms with Gasteiger partial charge in [0, 0.05) is 23.2 Å². The first-order valence-corrected chi connectivity index (χ1v) is 9.87. The molecule has 3 atom stereocenters. The molecule has 30 heavy (non-hydrogen) atoms. The molecule has 158 valence electrons. The van der Waals surface area contributed by atoms with Gasteiger partial charge >= 0.3 is 0 Å². The van der Waals surface area contributed by atoms with Gasteiger partial charge in [-0.05, 0) is 55.1 Å². The number of nitrogens with one attached hydrogen (secondary N) is 2. The van der Waals surface area contributed by atoms with Crippen molar-refractivity contribution >= 4 is 34.1 Å². The van der Waals surface area contributed by atoms with Crippen LogP contribution in [0.1, 0.15) is 35.8 Å². The van der Waals surface area contributed by atoms with Gasteiger partial charge in [0.05, 0.1) is 23.8 Å². The highest BCUT2D eigenvalue weighted by Gasteiger charge is 2.22. The minimum absolute atomic E-state index is 0.0301. The number of carbonyl (C=O) groups excluding carboxylic acids is 1. The standard InChI is InChI=1S/C22H23ClFN3O3/c1-12(11-28)26-20-9-17-7-15(3-4-16(17)10-25-20)22(30)27-21(13(2)29)14-5-6-18(23)19(24)8-14/h3-10,12-13,21,28-29H,11H2,1-2H3,(H,25,26)(H,27,30)/t12?,13?,21-/m1/s1. The Morgan fingerprint density at radius 2 is 1.93 bits per heavy atom. The molecule has 6 nitrogen and oxygen atoms in total. The maximum Gasteiger partial charge on any atom is 0.251 e. The topological polar surface area (TPSA) is 94.5 Å². The Kier molecular flexibility index (Phi) is 6.87. The molecule has 8 heteroatoms. The van der Waals surface area contributed by atoms with Crippen molar-refractivity contribution in [3.8, 4) is 0 Å². The zero-order chi connectivity index (χ0) is 21.8. The number of aliphatic hydroxyl groups is 2. The molecule has 3 rings (SSSR count). The third-order valence-corrected chi connectivity index (χ3v) is 5.03. The molecule has 2 unspecified atom stereocenters. The van der Waals surface area contributed by atoms with Crippen LogP contribution in [0.5, 0.6) is 0 Å². The summed E-state index contributed by atoms with van der Waals surface area (Å²) in [4.78, 5) is 17.1. The van der Waals surface area contributed by atoms with Gasteiger partial charge in [-0.3, -0.25) is 4.79 Å². The Balaban J connectivity index is 1.85. The van der Waals surface area contributed by atoms with Crippen molar-refractivity contribution in [2.75, 3.05) is 11.9 Å². The van der Waals surface area contributed by atoms with Crippen LogP contribution in [0.4, 0.5) is 10.2 Å². The van der Waals surface area contributed by atoms with Crippen molar-refractivity contribution < 1.29 is 19.4 Å². The Morgan fingerprint density at radius 1 is 1.17 bits per heavy atom. The van der Waals surface area contributed by atoms with Crippen LogP contribution in [-0.2, 0) is 0 Å². The molecule has 1 amide bonds. The molecular weight excluding hydrogens is 409 g/mol. The summed E-state index contributed by atoms with van der Waals surface area (Å²) >= 11 is 5.73. The number of hydrogen-bond donors (Lipinski definition) is 4. The molecule has 1 heterocycles. The fraction of sp³-hybridized carbons (Fsp3) is 0.273. The van der Waals surface area contributed by atoms with Gasteiger partial charge in [0.25, 0.3) is 5.91 Å². The molecule has 0 aliphatic rings. The normalized spacial score (nSPS) is 14.2. The molecular formula is C22H23ClFN3O3. The van der Waals surface area contributed by atoms with Crippen molar-refractivity contribution in [2.45, 2.75) is 32.0 Å². The highest BCUT2D eigenvalue weighted by Crippen LogP contribution is 2.24. The number of halogens is 2. The lowest BCUT2D eigenvalue weighted by Gasteiger charge is -2.22. The molecule has 0 aliphatic heterocycles. The van der Waals surface area contributed by atoms with Gasteiger partial charge in [0.15, 0.2) is 0 Å². The second kappa shape index (κ2) is 9.38. The molecule has 4 N–H and O–H groups in total. The summed E-state index contributed by atoms with van der Waals surface area (Å²) in [5.41, 5.74) is 0.796. The van der Waals surface area contributed by atoms with Gasteiger partial charge in [0.1, 0.15) is 11.6 Å². The van der Waals surface area contributed by atoms with Gasteiger partial charge in [-0.15, -0.1) is 0 Å². The summed E-state index contributed by atoms with van der Waals surface area (Å²) in [6.45, 7) is 3.31. The summed E-state index contributed by atoms with van der Waals surface area (Å²) in [7, 11) is 0. The number of benzene rings is 2. The summed E-state index contributed by atoms with van der Waals surface area (Å²) in [6, 6.07) is 10.1. The number of fused-ring (bicyclic) bond motifs is 1. The number of nitrogens with zero attached hydrogens (tertiary/aromatic N) is 1. The first-order valence-electron chi connectivity index (χ1n) is 9.49. The van der Waals surface area contributed by atoms with Crippen LogP contribution in [0, 0.1) is 5.82 Å². The average Bonchev–Trinajstić information content (AvgIpc) is 2.73. The van der Waals surface area contributed by atoms with E-state index in [0.29, 0.717) is 16.9 Å². The number of pyridine rings is 1. The number of aliphatic hydroxyl groups excluding tert-OH is 2. The smallest absolute Gasteiger partial charge is 0.251 e. The second-order valence-corrected chi connectivity index (χ2v) is 7.63. The van der Waals surface area contributed by atoms with Crippen LogP contribution in [0.15, 0.2) is 48.7 Å². The number of anilines is 1. The number of aromatic nitrogens is 1. The molecule has 0 saturated carbocycles. The maximum atomic E-state index is 13.8. The van der Waals surface area contributed by atoms with Crippen molar-refractivity contribution in [2.24, 2.45) is 0 Å². The molecule has 1 aromatic heterocycles. The van der Waals surface area contributed by atoms with Crippen LogP contribution >= 0.6 is 11.6 Å². The summed E-state index contributed by atoms with van der Waals surface area (Å²) in [5.74, 6) is -0.447. The summed E-state index contributed by atoms with van der Waals surface area (Å²) in [5, 5.41) is 26.7. The minimum Gasteiger partial charge on any atom is -0.394 e. The Labute approximate surface area is 178 Å². The minimum atomic E-state index is -0.949. The van der Waals surface area contributed by atoms with E-state index in [1.165, 1.54) is 19.1 Å². The first-order chi connectivity index (χ1) is 14.3. The van der Waals surface area contributed by atoms with Crippen LogP contribution in [-0.4, -0.2) is 39.9 Å². The molecule has 0 saturated heterocycles. The highest BCUT2D eigenvalue weighted by molar-refractivity contribution is 6.30. The average molecular weight is 432 g/mol. The van der Waals surface area contributed by atoms with Gasteiger partial charge < -0.3 is 20.8 Å². The molecule has 0 fully saturated rings. The number of hydrogen-bond acceptors (Lipinski definition) is 5. The van der Waals surface area contributed by atoms with Crippen molar-refractivity contribution in [3.63, 3.8) is 0 Å². The summed E-state index contributed by atoms with van der Waals surface area (Å²) in [6.07, 6.45) is 0.730. The predicted octanol–water partition coefficient (Wildman–Crippen LogP) is 3.67. The zero-order valence-corrected chi connectivity index (χ0v) is 17.3. The van der Waals surface area contributed by atoms with Gasteiger partial charge in [-0.25, -0.2) is 9.37 Å². The van der Waals surface area contributed by atoms with E-state index in [2.05, 4.69) is 15.6 Å². The van der Waals surface area contributed by atoms with Crippen molar-refractivity contribution in [1.29, 1.82) is 0 Å². The van der Waals surface area contributed by atoms with E-state index in [1.807, 2.05) is 6.92 Å². The third-order valence-electron chi connectivity index (χ3n) is 4.72. The monoisotopic (exact) mass is 431 g/mol. The Hall–Kier alpha value is -2.74. The first kappa shape index (κ1) is 22.0. The fourth-order valence-electron chi connectivity index (χ4n) is 3.07. The lowest BCUT2D eigenvalue weighted by atomic mass is 10.0. The fourth-order valence-corrected chi connectivity index (χ4v) is 3.19. The maximum absolute atomic E-state index is 13.8.